The Morgan fingerprint density at radius 2 is 1.86 bits per heavy atom. The van der Waals surface area contributed by atoms with Crippen LogP contribution in [0.4, 0.5) is 0 Å². The number of carboxylic acid groups (broad SMARTS) is 1. The van der Waals surface area contributed by atoms with Crippen LogP contribution in [0.2, 0.25) is 0 Å². The zero-order valence-electron chi connectivity index (χ0n) is 8.89. The lowest BCUT2D eigenvalue weighted by atomic mass is 9.65. The quantitative estimate of drug-likeness (QED) is 0.543. The van der Waals surface area contributed by atoms with Crippen LogP contribution in [0.3, 0.4) is 0 Å². The van der Waals surface area contributed by atoms with E-state index in [1.54, 1.807) is 6.92 Å². The van der Waals surface area contributed by atoms with Gasteiger partial charge in [-0.25, -0.2) is 4.79 Å². The average molecular weight is 196 g/mol. The van der Waals surface area contributed by atoms with Crippen molar-refractivity contribution in [2.24, 2.45) is 10.8 Å². The van der Waals surface area contributed by atoms with Gasteiger partial charge in [-0.3, -0.25) is 4.79 Å². The second-order valence-electron chi connectivity index (χ2n) is 4.69. The number of hydrogen-bond donors (Lipinski definition) is 1. The van der Waals surface area contributed by atoms with Crippen molar-refractivity contribution in [3.05, 3.63) is 12.2 Å². The van der Waals surface area contributed by atoms with Crippen LogP contribution in [0.1, 0.15) is 33.6 Å². The summed E-state index contributed by atoms with van der Waals surface area (Å²) in [7, 11) is 0. The molecule has 0 heterocycles. The number of ketones is 1. The number of allylic oxidation sites excluding steroid dienone is 1. The Kier molecular flexibility index (Phi) is 2.30. The van der Waals surface area contributed by atoms with Gasteiger partial charge < -0.3 is 5.11 Å². The molecule has 0 saturated heterocycles. The summed E-state index contributed by atoms with van der Waals surface area (Å²) in [6, 6.07) is 0. The van der Waals surface area contributed by atoms with Crippen LogP contribution in [0.25, 0.3) is 0 Å². The zero-order chi connectivity index (χ0) is 11.1. The number of Topliss-reactive ketones (excluding diaryl/α,β-unsaturated/α-hetero) is 1. The summed E-state index contributed by atoms with van der Waals surface area (Å²) < 4.78 is 0. The molecule has 78 valence electrons. The van der Waals surface area contributed by atoms with Crippen molar-refractivity contribution in [3.8, 4) is 0 Å². The standard InChI is InChI=1S/C11H16O3/c1-7-5-6-11(4,10(7,2)3)8(12)9(13)14/h1,5-6H2,2-4H3,(H,13,14)/t11-/m0/s1. The van der Waals surface area contributed by atoms with E-state index in [-0.39, 0.29) is 0 Å². The Balaban J connectivity index is 3.14. The molecule has 0 aromatic rings. The first kappa shape index (κ1) is 11.0. The van der Waals surface area contributed by atoms with Crippen LogP contribution >= 0.6 is 0 Å². The van der Waals surface area contributed by atoms with Gasteiger partial charge in [-0.2, -0.15) is 0 Å². The fraction of sp³-hybridized carbons (Fsp3) is 0.636. The topological polar surface area (TPSA) is 54.4 Å². The third-order valence-electron chi connectivity index (χ3n) is 3.89. The van der Waals surface area contributed by atoms with Crippen LogP contribution in [0, 0.1) is 10.8 Å². The van der Waals surface area contributed by atoms with E-state index >= 15 is 0 Å². The van der Waals surface area contributed by atoms with Gasteiger partial charge in [0.05, 0.1) is 0 Å². The number of carbonyl (C=O) groups is 2. The maximum atomic E-state index is 11.6. The van der Waals surface area contributed by atoms with Gasteiger partial charge in [-0.05, 0) is 18.3 Å². The predicted octanol–water partition coefficient (Wildman–Crippen LogP) is 2.02. The molecule has 0 unspecified atom stereocenters. The molecule has 1 N–H and O–H groups in total. The monoisotopic (exact) mass is 196 g/mol. The summed E-state index contributed by atoms with van der Waals surface area (Å²) in [6.07, 6.45) is 1.33. The van der Waals surface area contributed by atoms with Crippen LogP contribution in [0.5, 0.6) is 0 Å². The van der Waals surface area contributed by atoms with Crippen molar-refractivity contribution in [1.82, 2.24) is 0 Å². The van der Waals surface area contributed by atoms with E-state index in [0.29, 0.717) is 6.42 Å². The van der Waals surface area contributed by atoms with Crippen LogP contribution in [0.15, 0.2) is 12.2 Å². The highest BCUT2D eigenvalue weighted by Crippen LogP contribution is 2.55. The third-order valence-corrected chi connectivity index (χ3v) is 3.89. The molecule has 14 heavy (non-hydrogen) atoms. The molecular weight excluding hydrogens is 180 g/mol. The van der Waals surface area contributed by atoms with Crippen molar-refractivity contribution in [1.29, 1.82) is 0 Å². The largest absolute Gasteiger partial charge is 0.475 e. The Bertz CT molecular complexity index is 314. The molecule has 1 fully saturated rings. The molecule has 0 spiro atoms. The first-order valence-corrected chi connectivity index (χ1v) is 4.69. The van der Waals surface area contributed by atoms with Gasteiger partial charge in [0, 0.05) is 5.41 Å². The van der Waals surface area contributed by atoms with E-state index in [1.807, 2.05) is 13.8 Å². The fourth-order valence-electron chi connectivity index (χ4n) is 2.05. The maximum Gasteiger partial charge on any atom is 0.372 e. The van der Waals surface area contributed by atoms with Crippen LogP contribution < -0.4 is 0 Å². The molecule has 1 saturated carbocycles. The fourth-order valence-corrected chi connectivity index (χ4v) is 2.05. The molecule has 0 aromatic heterocycles. The lowest BCUT2D eigenvalue weighted by Crippen LogP contribution is -2.42. The van der Waals surface area contributed by atoms with Crippen molar-refractivity contribution in [2.75, 3.05) is 0 Å². The minimum atomic E-state index is -1.34. The summed E-state index contributed by atoms with van der Waals surface area (Å²) in [4.78, 5) is 22.3. The molecular formula is C11H16O3. The summed E-state index contributed by atoms with van der Waals surface area (Å²) in [5, 5.41) is 8.75. The van der Waals surface area contributed by atoms with E-state index in [2.05, 4.69) is 6.58 Å². The zero-order valence-corrected chi connectivity index (χ0v) is 8.89. The lowest BCUT2D eigenvalue weighted by Gasteiger charge is -2.36. The molecule has 1 aliphatic rings. The van der Waals surface area contributed by atoms with E-state index < -0.39 is 22.6 Å². The number of aliphatic carboxylic acids is 1. The second kappa shape index (κ2) is 2.94. The van der Waals surface area contributed by atoms with Crippen molar-refractivity contribution >= 4 is 11.8 Å². The smallest absolute Gasteiger partial charge is 0.372 e. The number of rotatable bonds is 2. The van der Waals surface area contributed by atoms with Crippen LogP contribution in [-0.4, -0.2) is 16.9 Å². The van der Waals surface area contributed by atoms with E-state index in [1.165, 1.54) is 0 Å². The molecule has 0 aromatic carbocycles. The highest BCUT2D eigenvalue weighted by molar-refractivity contribution is 6.35. The Morgan fingerprint density at radius 3 is 2.14 bits per heavy atom. The Hall–Kier alpha value is -1.12. The lowest BCUT2D eigenvalue weighted by molar-refractivity contribution is -0.156. The van der Waals surface area contributed by atoms with Gasteiger partial charge >= 0.3 is 5.97 Å². The Labute approximate surface area is 83.8 Å². The van der Waals surface area contributed by atoms with Gasteiger partial charge in [-0.15, -0.1) is 0 Å². The van der Waals surface area contributed by atoms with Crippen molar-refractivity contribution in [3.63, 3.8) is 0 Å². The van der Waals surface area contributed by atoms with Gasteiger partial charge in [0.15, 0.2) is 0 Å². The molecule has 0 bridgehead atoms. The van der Waals surface area contributed by atoms with E-state index in [0.717, 1.165) is 12.0 Å². The number of carboxylic acids is 1. The summed E-state index contributed by atoms with van der Waals surface area (Å²) in [5.74, 6) is -2.03. The SMILES string of the molecule is C=C1CC[C@@](C)(C(=O)C(=O)O)C1(C)C. The molecule has 1 rings (SSSR count). The predicted molar refractivity (Wildman–Crippen MR) is 52.9 cm³/mol. The summed E-state index contributed by atoms with van der Waals surface area (Å²) >= 11 is 0. The summed E-state index contributed by atoms with van der Waals surface area (Å²) in [5.41, 5.74) is -0.243. The minimum Gasteiger partial charge on any atom is -0.475 e. The first-order valence-electron chi connectivity index (χ1n) is 4.69. The average Bonchev–Trinajstić information content (AvgIpc) is 2.29. The van der Waals surface area contributed by atoms with Crippen molar-refractivity contribution in [2.45, 2.75) is 33.6 Å². The highest BCUT2D eigenvalue weighted by Gasteiger charge is 2.54. The van der Waals surface area contributed by atoms with E-state index in [4.69, 9.17) is 5.11 Å². The molecule has 3 heteroatoms. The van der Waals surface area contributed by atoms with Gasteiger partial charge in [-0.1, -0.05) is 32.9 Å². The van der Waals surface area contributed by atoms with Crippen LogP contribution in [-0.2, 0) is 9.59 Å². The first-order chi connectivity index (χ1) is 6.23. The molecule has 1 aliphatic carbocycles. The molecule has 0 aliphatic heterocycles. The molecule has 3 nitrogen and oxygen atoms in total. The third kappa shape index (κ3) is 1.19. The maximum absolute atomic E-state index is 11.6. The molecule has 0 radical (unpaired) electrons. The second-order valence-corrected chi connectivity index (χ2v) is 4.69. The number of hydrogen-bond acceptors (Lipinski definition) is 2. The molecule has 1 atom stereocenters. The number of carbonyl (C=O) groups excluding carboxylic acids is 1. The van der Waals surface area contributed by atoms with Gasteiger partial charge in [0.25, 0.3) is 0 Å². The minimum absolute atomic E-state index is 0.414. The molecule has 0 amide bonds. The van der Waals surface area contributed by atoms with Crippen molar-refractivity contribution < 1.29 is 14.7 Å². The van der Waals surface area contributed by atoms with E-state index in [9.17, 15) is 9.59 Å². The van der Waals surface area contributed by atoms with Gasteiger partial charge in [0.2, 0.25) is 5.78 Å². The normalized spacial score (nSPS) is 30.4. The highest BCUT2D eigenvalue weighted by atomic mass is 16.4. The Morgan fingerprint density at radius 1 is 1.36 bits per heavy atom. The van der Waals surface area contributed by atoms with Gasteiger partial charge in [0.1, 0.15) is 0 Å². The summed E-state index contributed by atoms with van der Waals surface area (Å²) in [6.45, 7) is 9.41.